The summed E-state index contributed by atoms with van der Waals surface area (Å²) in [5.74, 6) is -0.958. The molecule has 0 aliphatic heterocycles. The molecule has 43 heavy (non-hydrogen) atoms. The van der Waals surface area contributed by atoms with Gasteiger partial charge in [-0.1, -0.05) is 102 Å². The van der Waals surface area contributed by atoms with E-state index in [1.165, 1.54) is 17.0 Å². The predicted molar refractivity (Wildman–Crippen MR) is 172 cm³/mol. The average molecular weight is 639 g/mol. The number of carbonyl (C=O) groups excluding carboxylic acids is 2. The molecule has 4 rings (SSSR count). The van der Waals surface area contributed by atoms with Gasteiger partial charge in [0, 0.05) is 24.5 Å². The molecule has 4 aromatic carbocycles. The molecule has 0 bridgehead atoms. The number of hydrogen-bond donors (Lipinski definition) is 1. The van der Waals surface area contributed by atoms with E-state index in [9.17, 15) is 18.0 Å². The number of carbonyl (C=O) groups is 2. The number of amides is 2. The molecule has 1 atom stereocenters. The summed E-state index contributed by atoms with van der Waals surface area (Å²) in [5.41, 5.74) is 2.49. The van der Waals surface area contributed by atoms with E-state index in [0.717, 1.165) is 15.4 Å². The Morgan fingerprint density at radius 2 is 1.42 bits per heavy atom. The molecule has 0 fully saturated rings. The van der Waals surface area contributed by atoms with E-state index in [1.54, 1.807) is 67.6 Å². The van der Waals surface area contributed by atoms with Gasteiger partial charge in [-0.3, -0.25) is 13.9 Å². The summed E-state index contributed by atoms with van der Waals surface area (Å²) in [6, 6.07) is 28.2. The fourth-order valence-electron chi connectivity index (χ4n) is 4.66. The highest BCUT2D eigenvalue weighted by molar-refractivity contribution is 7.92. The molecule has 0 spiro atoms. The normalized spacial score (nSPS) is 11.9. The van der Waals surface area contributed by atoms with Crippen LogP contribution in [0.3, 0.4) is 0 Å². The third kappa shape index (κ3) is 7.96. The first-order chi connectivity index (χ1) is 20.6. The first-order valence-electron chi connectivity index (χ1n) is 13.8. The van der Waals surface area contributed by atoms with E-state index in [4.69, 9.17) is 23.2 Å². The van der Waals surface area contributed by atoms with Gasteiger partial charge in [-0.15, -0.1) is 0 Å². The molecule has 7 nitrogen and oxygen atoms in total. The first-order valence-corrected chi connectivity index (χ1v) is 16.0. The van der Waals surface area contributed by atoms with Crippen LogP contribution in [0.5, 0.6) is 0 Å². The number of benzene rings is 4. The van der Waals surface area contributed by atoms with Crippen LogP contribution in [0.4, 0.5) is 5.69 Å². The number of likely N-dealkylation sites (N-methyl/N-ethyl adjacent to an activating group) is 1. The van der Waals surface area contributed by atoms with Gasteiger partial charge in [-0.2, -0.15) is 0 Å². The lowest BCUT2D eigenvalue weighted by molar-refractivity contribution is -0.140. The van der Waals surface area contributed by atoms with E-state index >= 15 is 0 Å². The Balaban J connectivity index is 1.81. The number of nitrogens with zero attached hydrogens (tertiary/aromatic N) is 2. The largest absolute Gasteiger partial charge is 0.355 e. The number of hydrogen-bond acceptors (Lipinski definition) is 4. The summed E-state index contributed by atoms with van der Waals surface area (Å²) in [7, 11) is -4.24. The van der Waals surface area contributed by atoms with Crippen LogP contribution < -0.4 is 9.62 Å². The van der Waals surface area contributed by atoms with Crippen molar-refractivity contribution >= 4 is 50.7 Å². The van der Waals surface area contributed by atoms with Crippen LogP contribution in [0.1, 0.15) is 23.6 Å². The molecule has 0 radical (unpaired) electrons. The van der Waals surface area contributed by atoms with Gasteiger partial charge in [-0.05, 0) is 55.3 Å². The molecule has 0 unspecified atom stereocenters. The summed E-state index contributed by atoms with van der Waals surface area (Å²) in [6.45, 7) is 3.38. The van der Waals surface area contributed by atoms with Gasteiger partial charge in [0.05, 0.1) is 15.6 Å². The number of halogens is 2. The van der Waals surface area contributed by atoms with Crippen LogP contribution in [0, 0.1) is 6.92 Å². The molecule has 224 valence electrons. The molecule has 0 saturated heterocycles. The second-order valence-electron chi connectivity index (χ2n) is 9.99. The fraction of sp³-hybridized carbons (Fsp3) is 0.212. The molecule has 0 heterocycles. The van der Waals surface area contributed by atoms with E-state index in [-0.39, 0.29) is 34.5 Å². The zero-order valence-corrected chi connectivity index (χ0v) is 26.2. The lowest BCUT2D eigenvalue weighted by Gasteiger charge is -2.34. The Bertz CT molecular complexity index is 1670. The van der Waals surface area contributed by atoms with Crippen LogP contribution in [0.25, 0.3) is 0 Å². The predicted octanol–water partition coefficient (Wildman–Crippen LogP) is 6.27. The van der Waals surface area contributed by atoms with Gasteiger partial charge < -0.3 is 10.2 Å². The van der Waals surface area contributed by atoms with Crippen molar-refractivity contribution in [2.45, 2.75) is 37.8 Å². The van der Waals surface area contributed by atoms with Gasteiger partial charge in [0.15, 0.2) is 0 Å². The van der Waals surface area contributed by atoms with Crippen LogP contribution >= 0.6 is 23.2 Å². The molecule has 0 aromatic heterocycles. The number of nitrogens with one attached hydrogen (secondary N) is 1. The molecular weight excluding hydrogens is 605 g/mol. The van der Waals surface area contributed by atoms with Crippen molar-refractivity contribution in [2.24, 2.45) is 0 Å². The van der Waals surface area contributed by atoms with Crippen molar-refractivity contribution in [3.05, 3.63) is 130 Å². The third-order valence-electron chi connectivity index (χ3n) is 6.93. The lowest BCUT2D eigenvalue weighted by atomic mass is 10.0. The van der Waals surface area contributed by atoms with Crippen molar-refractivity contribution in [1.29, 1.82) is 0 Å². The van der Waals surface area contributed by atoms with Gasteiger partial charge in [-0.25, -0.2) is 8.42 Å². The average Bonchev–Trinajstić information content (AvgIpc) is 2.99. The first kappa shape index (κ1) is 32.1. The van der Waals surface area contributed by atoms with Gasteiger partial charge >= 0.3 is 0 Å². The highest BCUT2D eigenvalue weighted by Gasteiger charge is 2.35. The maximum absolute atomic E-state index is 14.4. The summed E-state index contributed by atoms with van der Waals surface area (Å²) in [4.78, 5) is 29.3. The fourth-order valence-corrected chi connectivity index (χ4v) is 6.58. The topological polar surface area (TPSA) is 86.8 Å². The SMILES string of the molecule is CCNC(=O)[C@@H](Cc1ccccc1)N(Cc1ccccc1Cl)C(=O)CN(c1ccccc1Cl)S(=O)(=O)c1ccc(C)cc1. The van der Waals surface area contributed by atoms with Gasteiger partial charge in [0.2, 0.25) is 11.8 Å². The second-order valence-corrected chi connectivity index (χ2v) is 12.7. The van der Waals surface area contributed by atoms with Crippen LogP contribution in [0.2, 0.25) is 10.0 Å². The van der Waals surface area contributed by atoms with Crippen molar-refractivity contribution in [3.63, 3.8) is 0 Å². The van der Waals surface area contributed by atoms with E-state index < -0.39 is 28.5 Å². The molecule has 1 N–H and O–H groups in total. The standard InChI is InChI=1S/C33H33Cl2N3O4S/c1-3-36-33(40)31(21-25-11-5-4-6-12-25)37(22-26-13-7-8-14-28(26)34)32(39)23-38(30-16-10-9-15-29(30)35)43(41,42)27-19-17-24(2)18-20-27/h4-20,31H,3,21-23H2,1-2H3,(H,36,40)/t31-/m1/s1. The van der Waals surface area contributed by atoms with E-state index in [1.807, 2.05) is 37.3 Å². The molecular formula is C33H33Cl2N3O4S. The second kappa shape index (κ2) is 14.6. The Labute approximate surface area is 263 Å². The highest BCUT2D eigenvalue weighted by atomic mass is 35.5. The summed E-state index contributed by atoms with van der Waals surface area (Å²) < 4.78 is 29.1. The molecule has 0 aliphatic carbocycles. The zero-order chi connectivity index (χ0) is 31.0. The Morgan fingerprint density at radius 1 is 0.814 bits per heavy atom. The van der Waals surface area contributed by atoms with Crippen LogP contribution in [-0.4, -0.2) is 44.3 Å². The molecule has 0 saturated carbocycles. The van der Waals surface area contributed by atoms with Crippen molar-refractivity contribution < 1.29 is 18.0 Å². The van der Waals surface area contributed by atoms with Crippen LogP contribution in [0.15, 0.2) is 108 Å². The monoisotopic (exact) mass is 637 g/mol. The van der Waals surface area contributed by atoms with Crippen LogP contribution in [-0.2, 0) is 32.6 Å². The third-order valence-corrected chi connectivity index (χ3v) is 9.39. The minimum atomic E-state index is -4.24. The number of rotatable bonds is 12. The smallest absolute Gasteiger partial charge is 0.264 e. The molecule has 0 aliphatic rings. The molecule has 2 amide bonds. The number of sulfonamides is 1. The maximum Gasteiger partial charge on any atom is 0.264 e. The Morgan fingerprint density at radius 3 is 2.05 bits per heavy atom. The van der Waals surface area contributed by atoms with Crippen molar-refractivity contribution in [3.8, 4) is 0 Å². The van der Waals surface area contributed by atoms with Gasteiger partial charge in [0.1, 0.15) is 12.6 Å². The minimum absolute atomic E-state index is 0.00744. The lowest BCUT2D eigenvalue weighted by Crippen LogP contribution is -2.53. The highest BCUT2D eigenvalue weighted by Crippen LogP contribution is 2.31. The van der Waals surface area contributed by atoms with Crippen molar-refractivity contribution in [2.75, 3.05) is 17.4 Å². The summed E-state index contributed by atoms with van der Waals surface area (Å²) in [6.07, 6.45) is 0.208. The van der Waals surface area contributed by atoms with Gasteiger partial charge in [0.25, 0.3) is 10.0 Å². The maximum atomic E-state index is 14.4. The number of para-hydroxylation sites is 1. The van der Waals surface area contributed by atoms with Crippen molar-refractivity contribution in [1.82, 2.24) is 10.2 Å². The zero-order valence-electron chi connectivity index (χ0n) is 23.9. The summed E-state index contributed by atoms with van der Waals surface area (Å²) >= 11 is 13.0. The Hall–Kier alpha value is -3.85. The van der Waals surface area contributed by atoms with E-state index in [0.29, 0.717) is 17.1 Å². The Kier molecular flexibility index (Phi) is 10.9. The minimum Gasteiger partial charge on any atom is -0.355 e. The molecule has 10 heteroatoms. The molecule has 4 aromatic rings. The quantitative estimate of drug-likeness (QED) is 0.198. The number of aryl methyl sites for hydroxylation is 1. The summed E-state index contributed by atoms with van der Waals surface area (Å²) in [5, 5.41) is 3.42. The number of anilines is 1. The van der Waals surface area contributed by atoms with E-state index in [2.05, 4.69) is 5.32 Å².